The van der Waals surface area contributed by atoms with Gasteiger partial charge >= 0.3 is 0 Å². The third kappa shape index (κ3) is 2.89. The number of likely N-dealkylation sites (N-methyl/N-ethyl adjacent to an activating group) is 1. The molecule has 3 heteroatoms. The van der Waals surface area contributed by atoms with E-state index in [1.807, 2.05) is 0 Å². The van der Waals surface area contributed by atoms with E-state index in [9.17, 15) is 0 Å². The van der Waals surface area contributed by atoms with E-state index in [1.54, 1.807) is 0 Å². The molecule has 0 amide bonds. The summed E-state index contributed by atoms with van der Waals surface area (Å²) in [5.41, 5.74) is 0.897. The Balaban J connectivity index is 0.00000180. The normalized spacial score (nSPS) is 36.3. The van der Waals surface area contributed by atoms with Gasteiger partial charge in [-0.05, 0) is 42.9 Å². The fourth-order valence-corrected chi connectivity index (χ4v) is 3.98. The molecule has 0 aromatic rings. The lowest BCUT2D eigenvalue weighted by molar-refractivity contribution is -0.889. The molecular formula is C16H32BrNO. The van der Waals surface area contributed by atoms with Gasteiger partial charge in [-0.15, -0.1) is 0 Å². The van der Waals surface area contributed by atoms with E-state index >= 15 is 0 Å². The lowest BCUT2D eigenvalue weighted by Gasteiger charge is -2.39. The van der Waals surface area contributed by atoms with E-state index in [0.717, 1.165) is 23.6 Å². The maximum absolute atomic E-state index is 6.30. The minimum absolute atomic E-state index is 0. The second-order valence-corrected chi connectivity index (χ2v) is 7.95. The monoisotopic (exact) mass is 333 g/mol. The highest BCUT2D eigenvalue weighted by molar-refractivity contribution is 5.11. The van der Waals surface area contributed by atoms with Crippen LogP contribution in [0.2, 0.25) is 0 Å². The summed E-state index contributed by atoms with van der Waals surface area (Å²) in [4.78, 5) is 0. The smallest absolute Gasteiger partial charge is 0.102 e. The fourth-order valence-electron chi connectivity index (χ4n) is 3.98. The van der Waals surface area contributed by atoms with Gasteiger partial charge in [-0.25, -0.2) is 0 Å². The summed E-state index contributed by atoms with van der Waals surface area (Å²) in [6, 6.07) is 0. The Kier molecular flexibility index (Phi) is 5.19. The average molecular weight is 334 g/mol. The predicted molar refractivity (Wildman–Crippen MR) is 76.5 cm³/mol. The van der Waals surface area contributed by atoms with Crippen molar-refractivity contribution < 1.29 is 26.2 Å². The number of fused-ring (bicyclic) bond motifs is 2. The summed E-state index contributed by atoms with van der Waals surface area (Å²) in [6.45, 7) is 12.9. The number of hydrogen-bond acceptors (Lipinski definition) is 1. The Morgan fingerprint density at radius 3 is 2.26 bits per heavy atom. The van der Waals surface area contributed by atoms with Gasteiger partial charge in [-0.1, -0.05) is 20.8 Å². The first-order valence-electron chi connectivity index (χ1n) is 7.66. The predicted octanol–water partition coefficient (Wildman–Crippen LogP) is 0.318. The van der Waals surface area contributed by atoms with Crippen LogP contribution in [-0.2, 0) is 4.74 Å². The highest BCUT2D eigenvalue weighted by Crippen LogP contribution is 2.66. The largest absolute Gasteiger partial charge is 1.00 e. The van der Waals surface area contributed by atoms with Crippen molar-refractivity contribution in [2.24, 2.45) is 16.7 Å². The third-order valence-corrected chi connectivity index (χ3v) is 6.59. The first-order chi connectivity index (χ1) is 8.23. The van der Waals surface area contributed by atoms with Crippen LogP contribution in [-0.4, -0.2) is 44.4 Å². The molecule has 0 saturated heterocycles. The number of quaternary nitrogens is 1. The summed E-state index contributed by atoms with van der Waals surface area (Å²) >= 11 is 0. The van der Waals surface area contributed by atoms with Crippen molar-refractivity contribution in [1.82, 2.24) is 0 Å². The van der Waals surface area contributed by atoms with E-state index in [-0.39, 0.29) is 17.0 Å². The summed E-state index contributed by atoms with van der Waals surface area (Å²) < 4.78 is 7.36. The number of nitrogens with zero attached hydrogens (tertiary/aromatic N) is 1. The molecule has 0 N–H and O–H groups in total. The van der Waals surface area contributed by atoms with E-state index in [4.69, 9.17) is 4.74 Å². The molecule has 3 unspecified atom stereocenters. The second kappa shape index (κ2) is 5.65. The van der Waals surface area contributed by atoms with Crippen molar-refractivity contribution in [3.63, 3.8) is 0 Å². The number of rotatable bonds is 5. The zero-order valence-electron chi connectivity index (χ0n) is 13.6. The molecule has 0 aliphatic heterocycles. The topological polar surface area (TPSA) is 9.23 Å². The Labute approximate surface area is 130 Å². The van der Waals surface area contributed by atoms with Gasteiger partial charge in [0.1, 0.15) is 6.54 Å². The van der Waals surface area contributed by atoms with Gasteiger partial charge in [-0.2, -0.15) is 0 Å². The summed E-state index contributed by atoms with van der Waals surface area (Å²) in [6.07, 6.45) is 4.58. The molecule has 2 rings (SSSR count). The van der Waals surface area contributed by atoms with Crippen LogP contribution >= 0.6 is 0 Å². The van der Waals surface area contributed by atoms with Crippen molar-refractivity contribution >= 4 is 0 Å². The van der Waals surface area contributed by atoms with Crippen molar-refractivity contribution in [3.05, 3.63) is 0 Å². The van der Waals surface area contributed by atoms with Gasteiger partial charge in [0.05, 0.1) is 33.4 Å². The zero-order valence-corrected chi connectivity index (χ0v) is 15.2. The SMILES string of the molecule is CC[N+](C)(C)CCOC1CC2CCC1(C)C2(C)C.[Br-]. The molecule has 2 fully saturated rings. The van der Waals surface area contributed by atoms with Crippen molar-refractivity contribution in [1.29, 1.82) is 0 Å². The molecule has 2 bridgehead atoms. The Morgan fingerprint density at radius 2 is 1.84 bits per heavy atom. The maximum Gasteiger partial charge on any atom is 0.102 e. The molecule has 0 heterocycles. The number of halogens is 1. The van der Waals surface area contributed by atoms with Gasteiger partial charge < -0.3 is 26.2 Å². The van der Waals surface area contributed by atoms with Crippen LogP contribution in [0.1, 0.15) is 47.0 Å². The highest BCUT2D eigenvalue weighted by Gasteiger charge is 2.61. The van der Waals surface area contributed by atoms with Crippen molar-refractivity contribution in [2.45, 2.75) is 53.1 Å². The number of ether oxygens (including phenoxy) is 1. The molecule has 2 saturated carbocycles. The van der Waals surface area contributed by atoms with E-state index in [0.29, 0.717) is 16.9 Å². The lowest BCUT2D eigenvalue weighted by atomic mass is 9.70. The van der Waals surface area contributed by atoms with E-state index < -0.39 is 0 Å². The first kappa shape index (κ1) is 17.5. The number of hydrogen-bond donors (Lipinski definition) is 0. The molecule has 0 radical (unpaired) electrons. The minimum Gasteiger partial charge on any atom is -1.00 e. The van der Waals surface area contributed by atoms with Crippen LogP contribution in [0.25, 0.3) is 0 Å². The maximum atomic E-state index is 6.30. The molecule has 114 valence electrons. The molecular weight excluding hydrogens is 302 g/mol. The average Bonchev–Trinajstić information content (AvgIpc) is 2.62. The molecule has 2 aliphatic carbocycles. The summed E-state index contributed by atoms with van der Waals surface area (Å²) in [5, 5.41) is 0. The van der Waals surface area contributed by atoms with Gasteiger partial charge in [0.2, 0.25) is 0 Å². The van der Waals surface area contributed by atoms with E-state index in [1.165, 1.54) is 25.8 Å². The molecule has 0 aromatic carbocycles. The Bertz CT molecular complexity index is 316. The van der Waals surface area contributed by atoms with Gasteiger partial charge in [0, 0.05) is 0 Å². The standard InChI is InChI=1S/C16H32NO.BrH/c1-7-17(5,6)10-11-18-14-12-13-8-9-16(14,4)15(13,2)3;/h13-14H,7-12H2,1-6H3;1H/q+1;/p-1. The molecule has 0 spiro atoms. The van der Waals surface area contributed by atoms with Crippen molar-refractivity contribution in [3.8, 4) is 0 Å². The first-order valence-corrected chi connectivity index (χ1v) is 7.66. The van der Waals surface area contributed by atoms with Crippen LogP contribution < -0.4 is 17.0 Å². The van der Waals surface area contributed by atoms with Crippen molar-refractivity contribution in [2.75, 3.05) is 33.8 Å². The quantitative estimate of drug-likeness (QED) is 0.658. The Morgan fingerprint density at radius 1 is 1.21 bits per heavy atom. The highest BCUT2D eigenvalue weighted by atomic mass is 79.9. The molecule has 0 aromatic heterocycles. The molecule has 2 nitrogen and oxygen atoms in total. The summed E-state index contributed by atoms with van der Waals surface area (Å²) in [7, 11) is 4.58. The van der Waals surface area contributed by atoms with Crippen LogP contribution in [0.3, 0.4) is 0 Å². The molecule has 3 atom stereocenters. The second-order valence-electron chi connectivity index (χ2n) is 7.95. The molecule has 19 heavy (non-hydrogen) atoms. The van der Waals surface area contributed by atoms with Crippen LogP contribution in [0, 0.1) is 16.7 Å². The van der Waals surface area contributed by atoms with Gasteiger partial charge in [0.25, 0.3) is 0 Å². The fraction of sp³-hybridized carbons (Fsp3) is 1.00. The lowest BCUT2D eigenvalue weighted by Crippen LogP contribution is -3.00. The van der Waals surface area contributed by atoms with Crippen LogP contribution in [0.15, 0.2) is 0 Å². The Hall–Kier alpha value is 0.400. The molecule has 2 aliphatic rings. The van der Waals surface area contributed by atoms with Gasteiger partial charge in [-0.3, -0.25) is 0 Å². The third-order valence-electron chi connectivity index (χ3n) is 6.59. The van der Waals surface area contributed by atoms with E-state index in [2.05, 4.69) is 41.8 Å². The summed E-state index contributed by atoms with van der Waals surface area (Å²) in [5.74, 6) is 0.890. The van der Waals surface area contributed by atoms with Crippen LogP contribution in [0.5, 0.6) is 0 Å². The van der Waals surface area contributed by atoms with Gasteiger partial charge in [0.15, 0.2) is 0 Å². The zero-order chi connectivity index (χ0) is 13.6. The van der Waals surface area contributed by atoms with Crippen LogP contribution in [0.4, 0.5) is 0 Å². The minimum atomic E-state index is 0.